The van der Waals surface area contributed by atoms with E-state index in [0.29, 0.717) is 17.6 Å². The predicted octanol–water partition coefficient (Wildman–Crippen LogP) is 4.30. The van der Waals surface area contributed by atoms with E-state index in [4.69, 9.17) is 0 Å². The molecular weight excluding hydrogens is 266 g/mol. The van der Waals surface area contributed by atoms with Gasteiger partial charge in [-0.2, -0.15) is 0 Å². The van der Waals surface area contributed by atoms with Gasteiger partial charge < -0.3 is 4.90 Å². The van der Waals surface area contributed by atoms with Gasteiger partial charge in [0.1, 0.15) is 0 Å². The molecule has 1 saturated heterocycles. The van der Waals surface area contributed by atoms with Gasteiger partial charge in [-0.3, -0.25) is 4.79 Å². The van der Waals surface area contributed by atoms with Gasteiger partial charge in [-0.25, -0.2) is 0 Å². The van der Waals surface area contributed by atoms with Crippen LogP contribution in [0.1, 0.15) is 51.0 Å². The van der Waals surface area contributed by atoms with E-state index in [-0.39, 0.29) is 0 Å². The van der Waals surface area contributed by atoms with Gasteiger partial charge in [0.15, 0.2) is 0 Å². The number of benzene rings is 1. The van der Waals surface area contributed by atoms with Gasteiger partial charge >= 0.3 is 0 Å². The van der Waals surface area contributed by atoms with Crippen LogP contribution in [0.3, 0.4) is 0 Å². The number of carbonyl (C=O) groups is 1. The topological polar surface area (TPSA) is 20.3 Å². The van der Waals surface area contributed by atoms with Crippen molar-refractivity contribution in [2.75, 3.05) is 18.8 Å². The minimum Gasteiger partial charge on any atom is -0.342 e. The Hall–Kier alpha value is -0.960. The number of amides is 1. The molecule has 0 radical (unpaired) electrons. The summed E-state index contributed by atoms with van der Waals surface area (Å²) >= 11 is 1.66. The van der Waals surface area contributed by atoms with Crippen molar-refractivity contribution >= 4 is 17.7 Å². The van der Waals surface area contributed by atoms with Crippen LogP contribution in [0.25, 0.3) is 0 Å². The molecule has 0 aliphatic carbocycles. The van der Waals surface area contributed by atoms with Crippen molar-refractivity contribution in [2.24, 2.45) is 0 Å². The lowest BCUT2D eigenvalue weighted by Crippen LogP contribution is -2.33. The molecule has 1 aromatic carbocycles. The lowest BCUT2D eigenvalue weighted by molar-refractivity contribution is -0.128. The third-order valence-electron chi connectivity index (χ3n) is 3.87. The maximum absolute atomic E-state index is 12.2. The van der Waals surface area contributed by atoms with Crippen molar-refractivity contribution in [3.63, 3.8) is 0 Å². The van der Waals surface area contributed by atoms with Gasteiger partial charge in [0.2, 0.25) is 5.91 Å². The van der Waals surface area contributed by atoms with Crippen LogP contribution in [0, 0.1) is 0 Å². The maximum atomic E-state index is 12.2. The number of likely N-dealkylation sites (tertiary alicyclic amines) is 1. The first kappa shape index (κ1) is 15.4. The molecule has 0 atom stereocenters. The fourth-order valence-corrected chi connectivity index (χ4v) is 3.31. The second-order valence-corrected chi connectivity index (χ2v) is 6.86. The average Bonchev–Trinajstić information content (AvgIpc) is 2.74. The molecule has 0 bridgehead atoms. The summed E-state index contributed by atoms with van der Waals surface area (Å²) in [5.41, 5.74) is 1.35. The van der Waals surface area contributed by atoms with Crippen molar-refractivity contribution in [1.29, 1.82) is 0 Å². The molecule has 1 aliphatic rings. The standard InChI is InChI=1S/C17H25NOS/c1-14(2)15-7-9-16(10-8-15)20-13-17(19)18-11-5-3-4-6-12-18/h7-10,14H,3-6,11-13H2,1-2H3. The van der Waals surface area contributed by atoms with E-state index in [0.717, 1.165) is 13.1 Å². The first-order valence-electron chi connectivity index (χ1n) is 7.67. The highest BCUT2D eigenvalue weighted by Crippen LogP contribution is 2.22. The van der Waals surface area contributed by atoms with Crippen LogP contribution in [-0.2, 0) is 4.79 Å². The van der Waals surface area contributed by atoms with Crippen LogP contribution >= 0.6 is 11.8 Å². The van der Waals surface area contributed by atoms with Crippen molar-refractivity contribution in [3.8, 4) is 0 Å². The second-order valence-electron chi connectivity index (χ2n) is 5.81. The van der Waals surface area contributed by atoms with Crippen LogP contribution < -0.4 is 0 Å². The molecule has 1 amide bonds. The highest BCUT2D eigenvalue weighted by atomic mass is 32.2. The molecule has 1 aromatic rings. The Morgan fingerprint density at radius 2 is 1.70 bits per heavy atom. The number of rotatable bonds is 4. The summed E-state index contributed by atoms with van der Waals surface area (Å²) in [7, 11) is 0. The summed E-state index contributed by atoms with van der Waals surface area (Å²) in [6.07, 6.45) is 4.88. The Kier molecular flexibility index (Phi) is 5.96. The van der Waals surface area contributed by atoms with Crippen LogP contribution in [0.15, 0.2) is 29.2 Å². The minimum absolute atomic E-state index is 0.296. The Morgan fingerprint density at radius 1 is 1.10 bits per heavy atom. The van der Waals surface area contributed by atoms with Crippen molar-refractivity contribution in [2.45, 2.75) is 50.3 Å². The average molecular weight is 291 g/mol. The second kappa shape index (κ2) is 7.72. The van der Waals surface area contributed by atoms with Gasteiger partial charge in [0.25, 0.3) is 0 Å². The summed E-state index contributed by atoms with van der Waals surface area (Å²) in [4.78, 5) is 15.4. The maximum Gasteiger partial charge on any atom is 0.232 e. The van der Waals surface area contributed by atoms with E-state index < -0.39 is 0 Å². The first-order chi connectivity index (χ1) is 9.66. The number of hydrogen-bond acceptors (Lipinski definition) is 2. The number of thioether (sulfide) groups is 1. The monoisotopic (exact) mass is 291 g/mol. The van der Waals surface area contributed by atoms with Crippen LogP contribution in [0.5, 0.6) is 0 Å². The van der Waals surface area contributed by atoms with Gasteiger partial charge in [-0.1, -0.05) is 38.8 Å². The van der Waals surface area contributed by atoms with E-state index in [1.54, 1.807) is 11.8 Å². The molecule has 1 aliphatic heterocycles. The largest absolute Gasteiger partial charge is 0.342 e. The number of carbonyl (C=O) groups excluding carboxylic acids is 1. The summed E-state index contributed by atoms with van der Waals surface area (Å²) in [5, 5.41) is 0. The lowest BCUT2D eigenvalue weighted by Gasteiger charge is -2.20. The van der Waals surface area contributed by atoms with Gasteiger partial charge in [-0.15, -0.1) is 11.8 Å². The van der Waals surface area contributed by atoms with Gasteiger partial charge in [-0.05, 0) is 36.5 Å². The van der Waals surface area contributed by atoms with E-state index in [1.165, 1.54) is 36.1 Å². The zero-order chi connectivity index (χ0) is 14.4. The molecule has 1 fully saturated rings. The molecule has 0 saturated carbocycles. The van der Waals surface area contributed by atoms with E-state index >= 15 is 0 Å². The summed E-state index contributed by atoms with van der Waals surface area (Å²) in [5.74, 6) is 1.43. The first-order valence-corrected chi connectivity index (χ1v) is 8.66. The van der Waals surface area contributed by atoms with E-state index in [1.807, 2.05) is 4.90 Å². The highest BCUT2D eigenvalue weighted by Gasteiger charge is 2.15. The van der Waals surface area contributed by atoms with Gasteiger partial charge in [0, 0.05) is 18.0 Å². The van der Waals surface area contributed by atoms with Crippen molar-refractivity contribution in [1.82, 2.24) is 4.90 Å². The van der Waals surface area contributed by atoms with Crippen LogP contribution in [-0.4, -0.2) is 29.6 Å². The molecule has 0 unspecified atom stereocenters. The predicted molar refractivity (Wildman–Crippen MR) is 86.3 cm³/mol. The Balaban J connectivity index is 1.83. The van der Waals surface area contributed by atoms with E-state index in [9.17, 15) is 4.79 Å². The van der Waals surface area contributed by atoms with Crippen molar-refractivity contribution < 1.29 is 4.79 Å². The molecule has 110 valence electrons. The zero-order valence-electron chi connectivity index (χ0n) is 12.6. The third-order valence-corrected chi connectivity index (χ3v) is 4.86. The van der Waals surface area contributed by atoms with Gasteiger partial charge in [0.05, 0.1) is 5.75 Å². The normalized spacial score (nSPS) is 16.2. The highest BCUT2D eigenvalue weighted by molar-refractivity contribution is 8.00. The lowest BCUT2D eigenvalue weighted by atomic mass is 10.0. The Bertz CT molecular complexity index is 419. The summed E-state index contributed by atoms with van der Waals surface area (Å²) in [6.45, 7) is 6.30. The summed E-state index contributed by atoms with van der Waals surface area (Å²) in [6, 6.07) is 8.61. The van der Waals surface area contributed by atoms with E-state index in [2.05, 4.69) is 38.1 Å². The fourth-order valence-electron chi connectivity index (χ4n) is 2.51. The molecule has 1 heterocycles. The smallest absolute Gasteiger partial charge is 0.232 e. The Labute approximate surface area is 126 Å². The SMILES string of the molecule is CC(C)c1ccc(SCC(=O)N2CCCCCC2)cc1. The zero-order valence-corrected chi connectivity index (χ0v) is 13.4. The molecule has 20 heavy (non-hydrogen) atoms. The van der Waals surface area contributed by atoms with Crippen LogP contribution in [0.2, 0.25) is 0 Å². The number of nitrogens with zero attached hydrogens (tertiary/aromatic N) is 1. The fraction of sp³-hybridized carbons (Fsp3) is 0.588. The van der Waals surface area contributed by atoms with Crippen LogP contribution in [0.4, 0.5) is 0 Å². The molecule has 3 heteroatoms. The summed E-state index contributed by atoms with van der Waals surface area (Å²) < 4.78 is 0. The molecule has 2 rings (SSSR count). The minimum atomic E-state index is 0.296. The quantitative estimate of drug-likeness (QED) is 0.771. The number of hydrogen-bond donors (Lipinski definition) is 0. The molecule has 0 N–H and O–H groups in total. The molecular formula is C17H25NOS. The Morgan fingerprint density at radius 3 is 2.25 bits per heavy atom. The molecule has 2 nitrogen and oxygen atoms in total. The molecule has 0 aromatic heterocycles. The van der Waals surface area contributed by atoms with Crippen molar-refractivity contribution in [3.05, 3.63) is 29.8 Å². The third kappa shape index (κ3) is 4.55. The molecule has 0 spiro atoms.